The van der Waals surface area contributed by atoms with Gasteiger partial charge in [-0.15, -0.1) is 0 Å². The van der Waals surface area contributed by atoms with Crippen LogP contribution in [0.5, 0.6) is 17.2 Å². The van der Waals surface area contributed by atoms with Crippen LogP contribution < -0.4 is 19.6 Å². The first-order valence-electron chi connectivity index (χ1n) is 11.4. The standard InChI is InChI=1S/C27H26Cl2N2O5/c1-3-15-34-21-12-7-19(8-13-21)27(33)35-22-10-5-18(6-11-22)17-30-31-26(32)24(4-2)36-25-14-9-20(28)16-23(25)29/h5-14,16-17,24H,3-4,15H2,1-2H3,(H,31,32). The maximum absolute atomic E-state index is 12.4. The number of ether oxygens (including phenoxy) is 3. The Morgan fingerprint density at radius 3 is 2.31 bits per heavy atom. The third-order valence-electron chi connectivity index (χ3n) is 4.87. The van der Waals surface area contributed by atoms with Crippen molar-refractivity contribution >= 4 is 41.3 Å². The molecule has 0 aliphatic rings. The molecule has 0 saturated heterocycles. The first-order valence-corrected chi connectivity index (χ1v) is 12.1. The number of amides is 1. The van der Waals surface area contributed by atoms with E-state index in [0.717, 1.165) is 6.42 Å². The molecule has 0 saturated carbocycles. The smallest absolute Gasteiger partial charge is 0.343 e. The molecule has 3 rings (SSSR count). The molecule has 3 aromatic rings. The number of hydrogen-bond acceptors (Lipinski definition) is 6. The van der Waals surface area contributed by atoms with Gasteiger partial charge in [0.25, 0.3) is 5.91 Å². The number of carbonyl (C=O) groups is 2. The zero-order valence-corrected chi connectivity index (χ0v) is 21.4. The largest absolute Gasteiger partial charge is 0.494 e. The molecule has 1 amide bonds. The Morgan fingerprint density at radius 1 is 0.972 bits per heavy atom. The van der Waals surface area contributed by atoms with Gasteiger partial charge in [-0.2, -0.15) is 5.10 Å². The number of rotatable bonds is 11. The Kier molecular flexibility index (Phi) is 10.2. The number of carbonyl (C=O) groups excluding carboxylic acids is 2. The van der Waals surface area contributed by atoms with Crippen LogP contribution in [0.25, 0.3) is 0 Å². The van der Waals surface area contributed by atoms with Gasteiger partial charge in [-0.25, -0.2) is 10.2 Å². The quantitative estimate of drug-likeness (QED) is 0.136. The minimum atomic E-state index is -0.783. The third-order valence-corrected chi connectivity index (χ3v) is 5.40. The van der Waals surface area contributed by atoms with Crippen LogP contribution in [0, 0.1) is 0 Å². The highest BCUT2D eigenvalue weighted by atomic mass is 35.5. The van der Waals surface area contributed by atoms with Gasteiger partial charge in [-0.1, -0.05) is 37.0 Å². The third kappa shape index (κ3) is 8.00. The van der Waals surface area contributed by atoms with Crippen molar-refractivity contribution in [3.05, 3.63) is 87.9 Å². The molecule has 0 radical (unpaired) electrons. The van der Waals surface area contributed by atoms with Crippen LogP contribution in [0.4, 0.5) is 0 Å². The highest BCUT2D eigenvalue weighted by molar-refractivity contribution is 6.35. The average molecular weight is 529 g/mol. The number of hydrazone groups is 1. The molecule has 3 aromatic carbocycles. The van der Waals surface area contributed by atoms with E-state index in [9.17, 15) is 9.59 Å². The SMILES string of the molecule is CCCOc1ccc(C(=O)Oc2ccc(C=NNC(=O)C(CC)Oc3ccc(Cl)cc3Cl)cc2)cc1. The lowest BCUT2D eigenvalue weighted by molar-refractivity contribution is -0.128. The number of benzene rings is 3. The van der Waals surface area contributed by atoms with E-state index >= 15 is 0 Å². The topological polar surface area (TPSA) is 86.2 Å². The molecule has 1 unspecified atom stereocenters. The fraction of sp³-hybridized carbons (Fsp3) is 0.222. The summed E-state index contributed by atoms with van der Waals surface area (Å²) in [6.07, 6.45) is 2.01. The molecule has 0 fully saturated rings. The van der Waals surface area contributed by atoms with Crippen LogP contribution in [0.1, 0.15) is 42.6 Å². The molecule has 1 atom stereocenters. The summed E-state index contributed by atoms with van der Waals surface area (Å²) in [5.74, 6) is 0.549. The van der Waals surface area contributed by atoms with Crippen molar-refractivity contribution in [1.82, 2.24) is 5.43 Å². The molecule has 0 heterocycles. The van der Waals surface area contributed by atoms with Gasteiger partial charge >= 0.3 is 5.97 Å². The molecule has 9 heteroatoms. The summed E-state index contributed by atoms with van der Waals surface area (Å²) < 4.78 is 16.6. The molecule has 36 heavy (non-hydrogen) atoms. The summed E-state index contributed by atoms with van der Waals surface area (Å²) in [6, 6.07) is 18.3. The van der Waals surface area contributed by atoms with Crippen molar-refractivity contribution in [3.8, 4) is 17.2 Å². The molecule has 0 bridgehead atoms. The monoisotopic (exact) mass is 528 g/mol. The summed E-state index contributed by atoms with van der Waals surface area (Å²) in [5, 5.41) is 4.77. The van der Waals surface area contributed by atoms with E-state index < -0.39 is 18.0 Å². The highest BCUT2D eigenvalue weighted by Gasteiger charge is 2.19. The van der Waals surface area contributed by atoms with Gasteiger partial charge in [0, 0.05) is 5.02 Å². The minimum Gasteiger partial charge on any atom is -0.494 e. The predicted molar refractivity (Wildman–Crippen MR) is 141 cm³/mol. The molecule has 0 aliphatic heterocycles. The first-order chi connectivity index (χ1) is 17.4. The summed E-state index contributed by atoms with van der Waals surface area (Å²) in [5.41, 5.74) is 3.57. The Balaban J connectivity index is 1.51. The second-order valence-corrected chi connectivity index (χ2v) is 8.50. The van der Waals surface area contributed by atoms with E-state index in [0.29, 0.717) is 51.4 Å². The molecule has 0 aliphatic carbocycles. The van der Waals surface area contributed by atoms with Gasteiger partial charge in [0.2, 0.25) is 0 Å². The van der Waals surface area contributed by atoms with Crippen LogP contribution in [0.2, 0.25) is 10.0 Å². The van der Waals surface area contributed by atoms with E-state index in [4.69, 9.17) is 37.4 Å². The molecule has 188 valence electrons. The fourth-order valence-electron chi connectivity index (χ4n) is 2.98. The van der Waals surface area contributed by atoms with E-state index in [1.807, 2.05) is 13.8 Å². The second kappa shape index (κ2) is 13.5. The number of nitrogens with zero attached hydrogens (tertiary/aromatic N) is 1. The summed E-state index contributed by atoms with van der Waals surface area (Å²) in [7, 11) is 0. The Hall–Kier alpha value is -3.55. The maximum atomic E-state index is 12.4. The lowest BCUT2D eigenvalue weighted by Gasteiger charge is -2.16. The van der Waals surface area contributed by atoms with E-state index in [-0.39, 0.29) is 0 Å². The molecule has 7 nitrogen and oxygen atoms in total. The van der Waals surface area contributed by atoms with Crippen molar-refractivity contribution in [3.63, 3.8) is 0 Å². The van der Waals surface area contributed by atoms with Gasteiger partial charge in [0.15, 0.2) is 6.10 Å². The number of esters is 1. The molecule has 1 N–H and O–H groups in total. The van der Waals surface area contributed by atoms with E-state index in [1.165, 1.54) is 6.21 Å². The first kappa shape index (κ1) is 27.0. The van der Waals surface area contributed by atoms with E-state index in [2.05, 4.69) is 10.5 Å². The molecule has 0 spiro atoms. The van der Waals surface area contributed by atoms with Crippen molar-refractivity contribution < 1.29 is 23.8 Å². The van der Waals surface area contributed by atoms with Crippen molar-refractivity contribution in [1.29, 1.82) is 0 Å². The van der Waals surface area contributed by atoms with Crippen molar-refractivity contribution in [2.24, 2.45) is 5.10 Å². The van der Waals surface area contributed by atoms with Gasteiger partial charge in [0.05, 0.1) is 23.4 Å². The number of hydrogen-bond donors (Lipinski definition) is 1. The lowest BCUT2D eigenvalue weighted by atomic mass is 10.2. The van der Waals surface area contributed by atoms with Crippen molar-refractivity contribution in [2.75, 3.05) is 6.61 Å². The van der Waals surface area contributed by atoms with Crippen LogP contribution >= 0.6 is 23.2 Å². The number of halogens is 2. The van der Waals surface area contributed by atoms with Gasteiger partial charge in [-0.05, 0) is 85.1 Å². The van der Waals surface area contributed by atoms with Crippen LogP contribution in [-0.4, -0.2) is 30.8 Å². The highest BCUT2D eigenvalue weighted by Crippen LogP contribution is 2.28. The van der Waals surface area contributed by atoms with Crippen LogP contribution in [0.3, 0.4) is 0 Å². The molecule has 0 aromatic heterocycles. The van der Waals surface area contributed by atoms with Gasteiger partial charge < -0.3 is 14.2 Å². The normalized spacial score (nSPS) is 11.7. The summed E-state index contributed by atoms with van der Waals surface area (Å²) >= 11 is 12.0. The second-order valence-electron chi connectivity index (χ2n) is 7.66. The van der Waals surface area contributed by atoms with Gasteiger partial charge in [0.1, 0.15) is 17.2 Å². The average Bonchev–Trinajstić information content (AvgIpc) is 2.88. The molecular weight excluding hydrogens is 503 g/mol. The number of nitrogens with one attached hydrogen (secondary N) is 1. The maximum Gasteiger partial charge on any atom is 0.343 e. The Bertz CT molecular complexity index is 1200. The van der Waals surface area contributed by atoms with Crippen molar-refractivity contribution in [2.45, 2.75) is 32.8 Å². The zero-order valence-electron chi connectivity index (χ0n) is 19.9. The summed E-state index contributed by atoms with van der Waals surface area (Å²) in [4.78, 5) is 24.8. The fourth-order valence-corrected chi connectivity index (χ4v) is 3.44. The van der Waals surface area contributed by atoms with E-state index in [1.54, 1.807) is 66.7 Å². The molecular formula is C27H26Cl2N2O5. The Labute approximate surface area is 220 Å². The van der Waals surface area contributed by atoms with Crippen LogP contribution in [-0.2, 0) is 4.79 Å². The van der Waals surface area contributed by atoms with Crippen LogP contribution in [0.15, 0.2) is 71.8 Å². The zero-order chi connectivity index (χ0) is 25.9. The minimum absolute atomic E-state index is 0.316. The summed E-state index contributed by atoms with van der Waals surface area (Å²) in [6.45, 7) is 4.46. The Morgan fingerprint density at radius 2 is 1.67 bits per heavy atom. The van der Waals surface area contributed by atoms with Gasteiger partial charge in [-0.3, -0.25) is 4.79 Å². The lowest BCUT2D eigenvalue weighted by Crippen LogP contribution is -2.35. The predicted octanol–water partition coefficient (Wildman–Crippen LogP) is 6.31.